The molecule has 0 radical (unpaired) electrons. The molecule has 0 aliphatic carbocycles. The molecule has 0 aromatic rings. The van der Waals surface area contributed by atoms with Crippen LogP contribution in [0.25, 0.3) is 0 Å². The maximum Gasteiger partial charge on any atom is 0.211 e. The maximum atomic E-state index is 11.6. The highest BCUT2D eigenvalue weighted by molar-refractivity contribution is 7.88. The summed E-state index contributed by atoms with van der Waals surface area (Å²) >= 11 is 0. The smallest absolute Gasteiger partial charge is 0.211 e. The van der Waals surface area contributed by atoms with Crippen molar-refractivity contribution in [3.05, 3.63) is 0 Å². The standard InChI is InChI=1S/C17H34N4O2S/c1-5-8-17(2)9-6-10-20(14-17)16(18-3)19-12-15-7-11-21(13-15)24(4,22)23/h15H,5-14H2,1-4H3,(H,18,19). The van der Waals surface area contributed by atoms with Crippen molar-refractivity contribution in [2.24, 2.45) is 16.3 Å². The Kier molecular flexibility index (Phi) is 6.53. The van der Waals surface area contributed by atoms with Gasteiger partial charge in [0.05, 0.1) is 6.26 Å². The minimum absolute atomic E-state index is 0.364. The van der Waals surface area contributed by atoms with E-state index < -0.39 is 10.0 Å². The molecule has 0 bridgehead atoms. The average Bonchev–Trinajstić information content (AvgIpc) is 2.97. The van der Waals surface area contributed by atoms with Gasteiger partial charge in [-0.15, -0.1) is 0 Å². The van der Waals surface area contributed by atoms with E-state index >= 15 is 0 Å². The van der Waals surface area contributed by atoms with Crippen LogP contribution in [-0.2, 0) is 10.0 Å². The Labute approximate surface area is 147 Å². The number of aliphatic imine (C=N–C) groups is 1. The van der Waals surface area contributed by atoms with Gasteiger partial charge < -0.3 is 10.2 Å². The first-order valence-corrected chi connectivity index (χ1v) is 11.0. The molecule has 24 heavy (non-hydrogen) atoms. The number of nitrogens with zero attached hydrogens (tertiary/aromatic N) is 3. The van der Waals surface area contributed by atoms with Gasteiger partial charge in [-0.1, -0.05) is 20.3 Å². The highest BCUT2D eigenvalue weighted by Crippen LogP contribution is 2.33. The third-order valence-electron chi connectivity index (χ3n) is 5.41. The molecule has 2 aliphatic heterocycles. The van der Waals surface area contributed by atoms with Gasteiger partial charge in [-0.2, -0.15) is 0 Å². The summed E-state index contributed by atoms with van der Waals surface area (Å²) in [6.07, 6.45) is 7.20. The number of guanidine groups is 1. The van der Waals surface area contributed by atoms with Gasteiger partial charge in [0.2, 0.25) is 10.0 Å². The van der Waals surface area contributed by atoms with Gasteiger partial charge in [0.15, 0.2) is 5.96 Å². The largest absolute Gasteiger partial charge is 0.356 e. The highest BCUT2D eigenvalue weighted by Gasteiger charge is 2.32. The Morgan fingerprint density at radius 3 is 2.71 bits per heavy atom. The van der Waals surface area contributed by atoms with Crippen LogP contribution >= 0.6 is 0 Å². The quantitative estimate of drug-likeness (QED) is 0.601. The van der Waals surface area contributed by atoms with E-state index in [-0.39, 0.29) is 0 Å². The van der Waals surface area contributed by atoms with Crippen LogP contribution in [0.4, 0.5) is 0 Å². The van der Waals surface area contributed by atoms with Crippen molar-refractivity contribution in [1.29, 1.82) is 0 Å². The molecule has 2 aliphatic rings. The van der Waals surface area contributed by atoms with Crippen molar-refractivity contribution in [1.82, 2.24) is 14.5 Å². The predicted molar refractivity (Wildman–Crippen MR) is 99.7 cm³/mol. The summed E-state index contributed by atoms with van der Waals surface area (Å²) in [4.78, 5) is 6.84. The summed E-state index contributed by atoms with van der Waals surface area (Å²) in [5.41, 5.74) is 0.380. The molecule has 2 fully saturated rings. The number of sulfonamides is 1. The first kappa shape index (κ1) is 19.5. The fourth-order valence-corrected chi connectivity index (χ4v) is 5.06. The lowest BCUT2D eigenvalue weighted by molar-refractivity contribution is 0.142. The molecule has 0 amide bonds. The zero-order valence-electron chi connectivity index (χ0n) is 15.7. The lowest BCUT2D eigenvalue weighted by atomic mass is 9.78. The predicted octanol–water partition coefficient (Wildman–Crippen LogP) is 1.75. The molecule has 7 heteroatoms. The number of nitrogens with one attached hydrogen (secondary N) is 1. The normalized spacial score (nSPS) is 29.9. The van der Waals surface area contributed by atoms with Crippen LogP contribution in [0.5, 0.6) is 0 Å². The van der Waals surface area contributed by atoms with Crippen molar-refractivity contribution in [2.45, 2.75) is 46.0 Å². The number of piperidine rings is 1. The van der Waals surface area contributed by atoms with Crippen LogP contribution in [0.15, 0.2) is 4.99 Å². The molecule has 2 unspecified atom stereocenters. The molecule has 1 N–H and O–H groups in total. The minimum Gasteiger partial charge on any atom is -0.356 e. The van der Waals surface area contributed by atoms with Gasteiger partial charge in [-0.3, -0.25) is 4.99 Å². The van der Waals surface area contributed by atoms with Crippen molar-refractivity contribution in [3.8, 4) is 0 Å². The Balaban J connectivity index is 1.87. The van der Waals surface area contributed by atoms with E-state index in [0.29, 0.717) is 24.4 Å². The van der Waals surface area contributed by atoms with E-state index in [9.17, 15) is 8.42 Å². The monoisotopic (exact) mass is 358 g/mol. The van der Waals surface area contributed by atoms with E-state index in [1.54, 1.807) is 4.31 Å². The number of hydrogen-bond acceptors (Lipinski definition) is 3. The Hall–Kier alpha value is -0.820. The summed E-state index contributed by atoms with van der Waals surface area (Å²) in [6.45, 7) is 8.81. The van der Waals surface area contributed by atoms with Crippen LogP contribution in [0, 0.1) is 11.3 Å². The summed E-state index contributed by atoms with van der Waals surface area (Å²) in [6, 6.07) is 0. The Bertz CT molecular complexity index is 545. The minimum atomic E-state index is -3.06. The maximum absolute atomic E-state index is 11.6. The number of likely N-dealkylation sites (tertiary alicyclic amines) is 1. The van der Waals surface area contributed by atoms with Gasteiger partial charge in [0, 0.05) is 39.8 Å². The number of rotatable bonds is 5. The van der Waals surface area contributed by atoms with Crippen molar-refractivity contribution in [2.75, 3.05) is 46.0 Å². The second kappa shape index (κ2) is 8.04. The molecule has 2 atom stereocenters. The zero-order valence-corrected chi connectivity index (χ0v) is 16.5. The first-order valence-electron chi connectivity index (χ1n) is 9.18. The summed E-state index contributed by atoms with van der Waals surface area (Å²) in [5.74, 6) is 1.33. The second-order valence-corrected chi connectivity index (χ2v) is 9.77. The summed E-state index contributed by atoms with van der Waals surface area (Å²) < 4.78 is 24.8. The molecule has 2 heterocycles. The number of hydrogen-bond donors (Lipinski definition) is 1. The van der Waals surface area contributed by atoms with Gasteiger partial charge in [0.1, 0.15) is 0 Å². The second-order valence-electron chi connectivity index (χ2n) is 7.79. The molecule has 2 saturated heterocycles. The molecule has 0 saturated carbocycles. The Morgan fingerprint density at radius 1 is 1.38 bits per heavy atom. The van der Waals surface area contributed by atoms with Crippen LogP contribution in [0.3, 0.4) is 0 Å². The first-order chi connectivity index (χ1) is 11.3. The molecule has 0 aromatic heterocycles. The zero-order chi connectivity index (χ0) is 17.8. The van der Waals surface area contributed by atoms with Crippen LogP contribution in [0.1, 0.15) is 46.0 Å². The molecule has 140 valence electrons. The lowest BCUT2D eigenvalue weighted by Crippen LogP contribution is -2.50. The van der Waals surface area contributed by atoms with Gasteiger partial charge >= 0.3 is 0 Å². The fraction of sp³-hybridized carbons (Fsp3) is 0.941. The molecule has 6 nitrogen and oxygen atoms in total. The summed E-state index contributed by atoms with van der Waals surface area (Å²) in [7, 11) is -1.22. The molecular weight excluding hydrogens is 324 g/mol. The fourth-order valence-electron chi connectivity index (χ4n) is 4.14. The molecule has 0 aromatic carbocycles. The van der Waals surface area contributed by atoms with Gasteiger partial charge in [-0.05, 0) is 37.0 Å². The van der Waals surface area contributed by atoms with Gasteiger partial charge in [0.25, 0.3) is 0 Å². The van der Waals surface area contributed by atoms with E-state index in [2.05, 4.69) is 29.1 Å². The van der Waals surface area contributed by atoms with Gasteiger partial charge in [-0.25, -0.2) is 12.7 Å². The van der Waals surface area contributed by atoms with Crippen molar-refractivity contribution in [3.63, 3.8) is 0 Å². The average molecular weight is 359 g/mol. The van der Waals surface area contributed by atoms with Crippen LogP contribution < -0.4 is 5.32 Å². The highest BCUT2D eigenvalue weighted by atomic mass is 32.2. The third-order valence-corrected chi connectivity index (χ3v) is 6.68. The lowest BCUT2D eigenvalue weighted by Gasteiger charge is -2.42. The van der Waals surface area contributed by atoms with E-state index in [4.69, 9.17) is 0 Å². The van der Waals surface area contributed by atoms with Crippen molar-refractivity contribution < 1.29 is 8.42 Å². The summed E-state index contributed by atoms with van der Waals surface area (Å²) in [5, 5.41) is 3.49. The van der Waals surface area contributed by atoms with Crippen LogP contribution in [0.2, 0.25) is 0 Å². The topological polar surface area (TPSA) is 65.0 Å². The SMILES string of the molecule is CCCC1(C)CCCN(C(=NC)NCC2CCN(S(C)(=O)=O)C2)C1. The van der Waals surface area contributed by atoms with Crippen molar-refractivity contribution >= 4 is 16.0 Å². The molecular formula is C17H34N4O2S. The molecule has 2 rings (SSSR count). The van der Waals surface area contributed by atoms with Crippen LogP contribution in [-0.4, -0.2) is 69.6 Å². The molecule has 0 spiro atoms. The third kappa shape index (κ3) is 5.09. The Morgan fingerprint density at radius 2 is 2.12 bits per heavy atom. The van der Waals surface area contributed by atoms with E-state index in [0.717, 1.165) is 32.0 Å². The van der Waals surface area contributed by atoms with E-state index in [1.165, 1.54) is 31.9 Å². The van der Waals surface area contributed by atoms with E-state index in [1.807, 2.05) is 7.05 Å².